The molecule has 2 N–H and O–H groups in total. The number of carbonyl (C=O) groups is 1. The Morgan fingerprint density at radius 1 is 1.39 bits per heavy atom. The maximum atomic E-state index is 12.7. The van der Waals surface area contributed by atoms with E-state index >= 15 is 0 Å². The molecule has 0 spiro atoms. The fourth-order valence-corrected chi connectivity index (χ4v) is 4.86. The van der Waals surface area contributed by atoms with Crippen LogP contribution in [0, 0.1) is 0 Å². The van der Waals surface area contributed by atoms with Gasteiger partial charge in [-0.3, -0.25) is 4.79 Å². The fraction of sp³-hybridized carbons (Fsp3) is 0.529. The number of anilines is 2. The van der Waals surface area contributed by atoms with Gasteiger partial charge >= 0.3 is 0 Å². The van der Waals surface area contributed by atoms with E-state index in [4.69, 9.17) is 10.7 Å². The molecule has 23 heavy (non-hydrogen) atoms. The number of aromatic nitrogens is 1. The van der Waals surface area contributed by atoms with E-state index in [1.165, 1.54) is 35.6 Å². The van der Waals surface area contributed by atoms with Gasteiger partial charge < -0.3 is 15.5 Å². The first-order valence-corrected chi connectivity index (χ1v) is 9.22. The lowest BCUT2D eigenvalue weighted by Gasteiger charge is -2.41. The SMILES string of the molecule is CCN(CC)C(=O)c1sc2nc3c(cc2c1N)N1CCC3CC1. The van der Waals surface area contributed by atoms with Crippen molar-refractivity contribution < 1.29 is 4.79 Å². The van der Waals surface area contributed by atoms with Crippen molar-refractivity contribution in [3.05, 3.63) is 16.6 Å². The van der Waals surface area contributed by atoms with Gasteiger partial charge in [-0.05, 0) is 32.8 Å². The summed E-state index contributed by atoms with van der Waals surface area (Å²) in [6, 6.07) is 2.16. The van der Waals surface area contributed by atoms with Crippen LogP contribution in [-0.2, 0) is 0 Å². The molecule has 2 aromatic rings. The number of fused-ring (bicyclic) bond motifs is 3. The van der Waals surface area contributed by atoms with Gasteiger partial charge in [0.25, 0.3) is 5.91 Å². The Bertz CT molecular complexity index is 772. The van der Waals surface area contributed by atoms with Gasteiger partial charge in [-0.1, -0.05) is 0 Å². The summed E-state index contributed by atoms with van der Waals surface area (Å²) >= 11 is 1.45. The summed E-state index contributed by atoms with van der Waals surface area (Å²) in [4.78, 5) is 23.3. The number of nitrogens with zero attached hydrogens (tertiary/aromatic N) is 3. The summed E-state index contributed by atoms with van der Waals surface area (Å²) in [5.41, 5.74) is 9.35. The number of nitrogens with two attached hydrogens (primary N) is 1. The van der Waals surface area contributed by atoms with Crippen LogP contribution in [0.3, 0.4) is 0 Å². The molecule has 3 aliphatic heterocycles. The van der Waals surface area contributed by atoms with Gasteiger partial charge in [-0.15, -0.1) is 11.3 Å². The normalized spacial score (nSPS) is 16.9. The lowest BCUT2D eigenvalue weighted by atomic mass is 9.86. The van der Waals surface area contributed by atoms with Crippen molar-refractivity contribution in [1.82, 2.24) is 9.88 Å². The summed E-state index contributed by atoms with van der Waals surface area (Å²) < 4.78 is 0. The highest BCUT2D eigenvalue weighted by Crippen LogP contribution is 2.45. The highest BCUT2D eigenvalue weighted by atomic mass is 32.1. The van der Waals surface area contributed by atoms with Crippen molar-refractivity contribution in [3.8, 4) is 0 Å². The molecule has 0 saturated carbocycles. The smallest absolute Gasteiger partial charge is 0.266 e. The second-order valence-electron chi connectivity index (χ2n) is 6.33. The third-order valence-corrected chi connectivity index (χ3v) is 6.30. The van der Waals surface area contributed by atoms with E-state index in [0.29, 0.717) is 29.6 Å². The number of rotatable bonds is 3. The van der Waals surface area contributed by atoms with Crippen LogP contribution in [0.25, 0.3) is 10.2 Å². The average Bonchev–Trinajstić information content (AvgIpc) is 2.92. The molecule has 122 valence electrons. The van der Waals surface area contributed by atoms with Crippen LogP contribution in [0.15, 0.2) is 6.07 Å². The third kappa shape index (κ3) is 2.11. The molecule has 0 radical (unpaired) electrons. The summed E-state index contributed by atoms with van der Waals surface area (Å²) in [6.45, 7) is 7.60. The number of piperidine rings is 1. The van der Waals surface area contributed by atoms with Crippen LogP contribution in [0.5, 0.6) is 0 Å². The van der Waals surface area contributed by atoms with Crippen LogP contribution >= 0.6 is 11.3 Å². The predicted molar refractivity (Wildman–Crippen MR) is 95.5 cm³/mol. The molecule has 2 aromatic heterocycles. The third-order valence-electron chi connectivity index (χ3n) is 5.20. The van der Waals surface area contributed by atoms with E-state index in [1.54, 1.807) is 0 Å². The van der Waals surface area contributed by atoms with Crippen LogP contribution in [0.2, 0.25) is 0 Å². The number of thiophene rings is 1. The molecule has 1 fully saturated rings. The van der Waals surface area contributed by atoms with Gasteiger partial charge in [0, 0.05) is 37.5 Å². The van der Waals surface area contributed by atoms with E-state index in [9.17, 15) is 4.79 Å². The second kappa shape index (κ2) is 5.37. The summed E-state index contributed by atoms with van der Waals surface area (Å²) in [5.74, 6) is 0.599. The highest BCUT2D eigenvalue weighted by molar-refractivity contribution is 7.21. The van der Waals surface area contributed by atoms with Crippen molar-refractivity contribution in [2.24, 2.45) is 0 Å². The van der Waals surface area contributed by atoms with Crippen molar-refractivity contribution in [1.29, 1.82) is 0 Å². The van der Waals surface area contributed by atoms with Crippen LogP contribution < -0.4 is 10.6 Å². The molecule has 0 aliphatic carbocycles. The van der Waals surface area contributed by atoms with E-state index in [2.05, 4.69) is 11.0 Å². The molecule has 6 heteroatoms. The monoisotopic (exact) mass is 330 g/mol. The number of carbonyl (C=O) groups excluding carboxylic acids is 1. The first-order valence-electron chi connectivity index (χ1n) is 8.41. The van der Waals surface area contributed by atoms with Crippen molar-refractivity contribution in [2.45, 2.75) is 32.6 Å². The largest absolute Gasteiger partial charge is 0.397 e. The molecule has 0 aromatic carbocycles. The minimum absolute atomic E-state index is 0.0248. The zero-order valence-electron chi connectivity index (χ0n) is 13.6. The first-order chi connectivity index (χ1) is 11.1. The van der Waals surface area contributed by atoms with Crippen LogP contribution in [0.1, 0.15) is 48.0 Å². The molecule has 1 saturated heterocycles. The van der Waals surface area contributed by atoms with Crippen molar-refractivity contribution >= 4 is 38.8 Å². The number of pyridine rings is 1. The van der Waals surface area contributed by atoms with E-state index < -0.39 is 0 Å². The molecule has 2 bridgehead atoms. The van der Waals surface area contributed by atoms with Gasteiger partial charge in [0.2, 0.25) is 0 Å². The zero-order valence-corrected chi connectivity index (χ0v) is 14.4. The zero-order chi connectivity index (χ0) is 16.1. The van der Waals surface area contributed by atoms with E-state index in [0.717, 1.165) is 23.3 Å². The minimum Gasteiger partial charge on any atom is -0.397 e. The maximum absolute atomic E-state index is 12.7. The molecule has 0 unspecified atom stereocenters. The quantitative estimate of drug-likeness (QED) is 0.939. The Morgan fingerprint density at radius 2 is 2.09 bits per heavy atom. The Labute approximate surface area is 140 Å². The van der Waals surface area contributed by atoms with Crippen LogP contribution in [-0.4, -0.2) is 42.0 Å². The van der Waals surface area contributed by atoms with Gasteiger partial charge in [-0.25, -0.2) is 4.98 Å². The standard InChI is InChI=1S/C17H22N4OS/c1-3-20(4-2)17(22)15-13(18)11-9-12-14(19-16(11)23-15)10-5-7-21(12)8-6-10/h9-10H,3-8,18H2,1-2H3. The van der Waals surface area contributed by atoms with E-state index in [-0.39, 0.29) is 5.91 Å². The number of nitrogen functional groups attached to an aromatic ring is 1. The topological polar surface area (TPSA) is 62.5 Å². The Morgan fingerprint density at radius 3 is 2.74 bits per heavy atom. The molecule has 5 rings (SSSR count). The summed E-state index contributed by atoms with van der Waals surface area (Å²) in [5, 5.41) is 0.941. The molecule has 3 aliphatic rings. The summed E-state index contributed by atoms with van der Waals surface area (Å²) in [6.07, 6.45) is 2.38. The van der Waals surface area contributed by atoms with Gasteiger partial charge in [0.05, 0.1) is 17.1 Å². The van der Waals surface area contributed by atoms with Crippen molar-refractivity contribution in [2.75, 3.05) is 36.8 Å². The Balaban J connectivity index is 1.84. The molecular weight excluding hydrogens is 308 g/mol. The number of hydrogen-bond donors (Lipinski definition) is 1. The van der Waals surface area contributed by atoms with Gasteiger partial charge in [0.1, 0.15) is 9.71 Å². The highest BCUT2D eigenvalue weighted by Gasteiger charge is 2.33. The average molecular weight is 330 g/mol. The van der Waals surface area contributed by atoms with Crippen molar-refractivity contribution in [3.63, 3.8) is 0 Å². The lowest BCUT2D eigenvalue weighted by molar-refractivity contribution is 0.0779. The molecule has 5 nitrogen and oxygen atoms in total. The van der Waals surface area contributed by atoms with E-state index in [1.807, 2.05) is 18.7 Å². The number of amides is 1. The second-order valence-corrected chi connectivity index (χ2v) is 7.33. The molecule has 0 atom stereocenters. The maximum Gasteiger partial charge on any atom is 0.266 e. The van der Waals surface area contributed by atoms with Crippen LogP contribution in [0.4, 0.5) is 11.4 Å². The Hall–Kier alpha value is -1.82. The molecular formula is C17H22N4OS. The summed E-state index contributed by atoms with van der Waals surface area (Å²) in [7, 11) is 0. The van der Waals surface area contributed by atoms with Gasteiger partial charge in [-0.2, -0.15) is 0 Å². The number of hydrogen-bond acceptors (Lipinski definition) is 5. The minimum atomic E-state index is 0.0248. The molecule has 5 heterocycles. The molecule has 1 amide bonds. The first kappa shape index (κ1) is 14.8. The Kier molecular flexibility index (Phi) is 3.44. The predicted octanol–water partition coefficient (Wildman–Crippen LogP) is 3.06. The van der Waals surface area contributed by atoms with Gasteiger partial charge in [0.15, 0.2) is 0 Å². The fourth-order valence-electron chi connectivity index (χ4n) is 3.80. The lowest BCUT2D eigenvalue weighted by Crippen LogP contribution is -2.39.